The molecule has 138 valence electrons. The molecule has 3 rings (SSSR count). The zero-order chi connectivity index (χ0) is 18.2. The molecule has 2 saturated carbocycles. The second kappa shape index (κ2) is 6.42. The molecule has 2 atom stereocenters. The van der Waals surface area contributed by atoms with Crippen molar-refractivity contribution in [3.8, 4) is 0 Å². The van der Waals surface area contributed by atoms with Crippen molar-refractivity contribution >= 4 is 11.8 Å². The van der Waals surface area contributed by atoms with Crippen molar-refractivity contribution in [1.82, 2.24) is 20.8 Å². The second-order valence-electron chi connectivity index (χ2n) is 8.09. The van der Waals surface area contributed by atoms with Crippen molar-refractivity contribution in [2.75, 3.05) is 13.6 Å². The van der Waals surface area contributed by atoms with Gasteiger partial charge in [0.25, 0.3) is 0 Å². The summed E-state index contributed by atoms with van der Waals surface area (Å²) < 4.78 is 5.24. The van der Waals surface area contributed by atoms with E-state index in [2.05, 4.69) is 20.8 Å². The van der Waals surface area contributed by atoms with Gasteiger partial charge in [0.05, 0.1) is 5.41 Å². The first kappa shape index (κ1) is 17.9. The van der Waals surface area contributed by atoms with Crippen LogP contribution < -0.4 is 10.6 Å². The number of carbonyl (C=O) groups excluding carboxylic acids is 2. The van der Waals surface area contributed by atoms with Crippen LogP contribution in [0.5, 0.6) is 0 Å². The Labute approximate surface area is 148 Å². The molecule has 0 aromatic carbocycles. The van der Waals surface area contributed by atoms with Gasteiger partial charge in [-0.3, -0.25) is 9.59 Å². The summed E-state index contributed by atoms with van der Waals surface area (Å²) in [6.45, 7) is 6.45. The normalized spacial score (nSPS) is 27.9. The summed E-state index contributed by atoms with van der Waals surface area (Å²) in [6, 6.07) is 0. The van der Waals surface area contributed by atoms with E-state index in [0.717, 1.165) is 25.1 Å². The van der Waals surface area contributed by atoms with Crippen LogP contribution in [0.2, 0.25) is 0 Å². The molecule has 0 bridgehead atoms. The predicted molar refractivity (Wildman–Crippen MR) is 91.7 cm³/mol. The highest BCUT2D eigenvalue weighted by Gasteiger charge is 2.57. The molecular weight excluding hydrogens is 320 g/mol. The molecule has 0 saturated heterocycles. The van der Waals surface area contributed by atoms with Crippen molar-refractivity contribution in [2.24, 2.45) is 16.7 Å². The third kappa shape index (κ3) is 3.16. The molecule has 1 aromatic heterocycles. The van der Waals surface area contributed by atoms with Crippen molar-refractivity contribution < 1.29 is 14.1 Å². The maximum atomic E-state index is 12.8. The number of hydrogen-bond acceptors (Lipinski definition) is 5. The summed E-state index contributed by atoms with van der Waals surface area (Å²) in [5.74, 6) is 1.68. The molecule has 0 spiro atoms. The number of aromatic nitrogens is 2. The van der Waals surface area contributed by atoms with Crippen molar-refractivity contribution in [1.29, 1.82) is 0 Å². The van der Waals surface area contributed by atoms with Gasteiger partial charge in [-0.25, -0.2) is 0 Å². The molecule has 2 aliphatic rings. The van der Waals surface area contributed by atoms with Gasteiger partial charge in [-0.15, -0.1) is 0 Å². The molecule has 2 aliphatic carbocycles. The van der Waals surface area contributed by atoms with Crippen molar-refractivity contribution in [2.45, 2.75) is 58.8 Å². The zero-order valence-corrected chi connectivity index (χ0v) is 15.5. The van der Waals surface area contributed by atoms with Gasteiger partial charge in [0.2, 0.25) is 17.7 Å². The van der Waals surface area contributed by atoms with Crippen LogP contribution in [0.25, 0.3) is 0 Å². The van der Waals surface area contributed by atoms with E-state index in [0.29, 0.717) is 31.2 Å². The van der Waals surface area contributed by atoms with Crippen LogP contribution in [0.3, 0.4) is 0 Å². The average Bonchev–Trinajstić information content (AvgIpc) is 3.27. The molecule has 1 heterocycles. The van der Waals surface area contributed by atoms with Crippen LogP contribution in [-0.4, -0.2) is 35.5 Å². The molecule has 0 radical (unpaired) electrons. The highest BCUT2D eigenvalue weighted by Crippen LogP contribution is 2.56. The number of hydrogen-bond donors (Lipinski definition) is 2. The minimum Gasteiger partial charge on any atom is -0.359 e. The maximum absolute atomic E-state index is 12.8. The third-order valence-electron chi connectivity index (χ3n) is 6.34. The molecule has 0 unspecified atom stereocenters. The number of rotatable bonds is 6. The minimum absolute atomic E-state index is 0.00849. The number of nitrogens with zero attached hydrogens (tertiary/aromatic N) is 2. The molecule has 2 amide bonds. The Morgan fingerprint density at radius 1 is 1.24 bits per heavy atom. The number of nitrogens with one attached hydrogen (secondary N) is 2. The lowest BCUT2D eigenvalue weighted by molar-refractivity contribution is -0.138. The largest absolute Gasteiger partial charge is 0.359 e. The fraction of sp³-hybridized carbons (Fsp3) is 0.778. The summed E-state index contributed by atoms with van der Waals surface area (Å²) in [5.41, 5.74) is -0.973. The Morgan fingerprint density at radius 3 is 2.60 bits per heavy atom. The monoisotopic (exact) mass is 348 g/mol. The Hall–Kier alpha value is -1.92. The first-order valence-corrected chi connectivity index (χ1v) is 9.12. The molecule has 7 heteroatoms. The first-order chi connectivity index (χ1) is 11.8. The zero-order valence-electron chi connectivity index (χ0n) is 15.5. The Morgan fingerprint density at radius 2 is 1.96 bits per heavy atom. The Kier molecular flexibility index (Phi) is 4.60. The van der Waals surface area contributed by atoms with E-state index in [1.165, 1.54) is 0 Å². The molecular formula is C18H28N4O3. The molecule has 2 fully saturated rings. The van der Waals surface area contributed by atoms with Crippen LogP contribution in [0.1, 0.15) is 64.1 Å². The molecule has 2 N–H and O–H groups in total. The van der Waals surface area contributed by atoms with Gasteiger partial charge in [-0.1, -0.05) is 25.9 Å². The van der Waals surface area contributed by atoms with Crippen LogP contribution in [0.4, 0.5) is 0 Å². The van der Waals surface area contributed by atoms with Gasteiger partial charge < -0.3 is 15.2 Å². The quantitative estimate of drug-likeness (QED) is 0.817. The summed E-state index contributed by atoms with van der Waals surface area (Å²) in [5, 5.41) is 9.71. The molecule has 7 nitrogen and oxygen atoms in total. The lowest BCUT2D eigenvalue weighted by Crippen LogP contribution is -2.49. The highest BCUT2D eigenvalue weighted by molar-refractivity contribution is 5.87. The minimum atomic E-state index is -0.571. The Bertz CT molecular complexity index is 665. The first-order valence-electron chi connectivity index (χ1n) is 9.12. The topological polar surface area (TPSA) is 97.1 Å². The van der Waals surface area contributed by atoms with Crippen LogP contribution in [-0.2, 0) is 16.0 Å². The SMILES string of the molecule is CNC(=O)[C@H]1CC[C@@](C)(C(=O)NCCc2nc(C3CC3)no2)C1(C)C. The molecule has 0 aliphatic heterocycles. The van der Waals surface area contributed by atoms with Gasteiger partial charge >= 0.3 is 0 Å². The van der Waals surface area contributed by atoms with Crippen molar-refractivity contribution in [3.05, 3.63) is 11.7 Å². The lowest BCUT2D eigenvalue weighted by Gasteiger charge is -2.39. The van der Waals surface area contributed by atoms with E-state index in [1.807, 2.05) is 20.8 Å². The van der Waals surface area contributed by atoms with E-state index in [9.17, 15) is 9.59 Å². The highest BCUT2D eigenvalue weighted by atomic mass is 16.5. The molecule has 25 heavy (non-hydrogen) atoms. The van der Waals surface area contributed by atoms with E-state index >= 15 is 0 Å². The average molecular weight is 348 g/mol. The summed E-state index contributed by atoms with van der Waals surface area (Å²) in [7, 11) is 1.65. The van der Waals surface area contributed by atoms with Crippen LogP contribution in [0.15, 0.2) is 4.52 Å². The van der Waals surface area contributed by atoms with Gasteiger partial charge in [0.1, 0.15) is 0 Å². The lowest BCUT2D eigenvalue weighted by atomic mass is 9.65. The second-order valence-corrected chi connectivity index (χ2v) is 8.09. The summed E-state index contributed by atoms with van der Waals surface area (Å²) in [6.07, 6.45) is 4.23. The summed E-state index contributed by atoms with van der Waals surface area (Å²) in [4.78, 5) is 29.4. The van der Waals surface area contributed by atoms with Gasteiger partial charge in [0.15, 0.2) is 5.82 Å². The van der Waals surface area contributed by atoms with Crippen LogP contribution >= 0.6 is 0 Å². The predicted octanol–water partition coefficient (Wildman–Crippen LogP) is 1.79. The van der Waals surface area contributed by atoms with Crippen LogP contribution in [0, 0.1) is 16.7 Å². The van der Waals surface area contributed by atoms with Gasteiger partial charge in [-0.05, 0) is 31.1 Å². The fourth-order valence-electron chi connectivity index (χ4n) is 3.89. The maximum Gasteiger partial charge on any atom is 0.228 e. The van der Waals surface area contributed by atoms with Crippen molar-refractivity contribution in [3.63, 3.8) is 0 Å². The van der Waals surface area contributed by atoms with E-state index in [4.69, 9.17) is 4.52 Å². The van der Waals surface area contributed by atoms with E-state index in [1.54, 1.807) is 7.05 Å². The number of amides is 2. The Balaban J connectivity index is 1.57. The smallest absolute Gasteiger partial charge is 0.228 e. The standard InChI is InChI=1S/C18H28N4O3/c1-17(2)12(15(23)19-4)7-9-18(17,3)16(24)20-10-8-13-21-14(22-25-13)11-5-6-11/h11-12H,5-10H2,1-4H3,(H,19,23)(H,20,24)/t12-,18+/m1/s1. The summed E-state index contributed by atoms with van der Waals surface area (Å²) >= 11 is 0. The van der Waals surface area contributed by atoms with Gasteiger partial charge in [0, 0.05) is 31.8 Å². The van der Waals surface area contributed by atoms with Gasteiger partial charge in [-0.2, -0.15) is 4.98 Å². The third-order valence-corrected chi connectivity index (χ3v) is 6.34. The van der Waals surface area contributed by atoms with E-state index in [-0.39, 0.29) is 17.7 Å². The molecule has 1 aromatic rings. The number of carbonyl (C=O) groups is 2. The van der Waals surface area contributed by atoms with E-state index < -0.39 is 10.8 Å². The fourth-order valence-corrected chi connectivity index (χ4v) is 3.89.